The van der Waals surface area contributed by atoms with Crippen LogP contribution in [0.4, 0.5) is 4.79 Å². The van der Waals surface area contributed by atoms with Crippen LogP contribution in [0.25, 0.3) is 0 Å². The SMILES string of the molecule is C#CCCC(NC(=O)[C@@H]1[C@@H]2C(CN1C(=O)[C@@H](NC(=O)NC1(CS(=O)(=O)C(C)(C)CC)CCCCC1)C1(C)CCCCC1)C2(C)C)C(=O)C(=O)NCCC. The van der Waals surface area contributed by atoms with Crippen LogP contribution in [0.1, 0.15) is 138 Å². The van der Waals surface area contributed by atoms with Crippen molar-refractivity contribution >= 4 is 39.4 Å². The van der Waals surface area contributed by atoms with E-state index >= 15 is 0 Å². The molecule has 3 aliphatic carbocycles. The van der Waals surface area contributed by atoms with Gasteiger partial charge in [0.15, 0.2) is 9.84 Å². The van der Waals surface area contributed by atoms with Gasteiger partial charge in [0.05, 0.1) is 22.1 Å². The summed E-state index contributed by atoms with van der Waals surface area (Å²) < 4.78 is 26.4. The van der Waals surface area contributed by atoms with Gasteiger partial charge in [-0.3, -0.25) is 19.2 Å². The molecule has 5 atom stereocenters. The van der Waals surface area contributed by atoms with E-state index in [0.717, 1.165) is 38.5 Å². The lowest BCUT2D eigenvalue weighted by Crippen LogP contribution is -2.65. The Hall–Kier alpha value is -3.14. The van der Waals surface area contributed by atoms with Crippen LogP contribution in [0, 0.1) is 35.0 Å². The fraction of sp³-hybridized carbons (Fsp3) is 0.825. The van der Waals surface area contributed by atoms with Crippen molar-refractivity contribution in [2.75, 3.05) is 18.8 Å². The molecule has 4 fully saturated rings. The smallest absolute Gasteiger partial charge is 0.315 e. The van der Waals surface area contributed by atoms with E-state index in [2.05, 4.69) is 41.0 Å². The zero-order valence-corrected chi connectivity index (χ0v) is 34.0. The first-order chi connectivity index (χ1) is 24.8. The van der Waals surface area contributed by atoms with E-state index in [1.165, 1.54) is 0 Å². The summed E-state index contributed by atoms with van der Waals surface area (Å²) in [4.78, 5) is 70.7. The third-order valence-corrected chi connectivity index (χ3v) is 16.2. The maximum Gasteiger partial charge on any atom is 0.315 e. The third-order valence-electron chi connectivity index (χ3n) is 13.3. The fourth-order valence-electron chi connectivity index (χ4n) is 9.12. The number of sulfone groups is 1. The van der Waals surface area contributed by atoms with Crippen LogP contribution in [0.2, 0.25) is 0 Å². The van der Waals surface area contributed by atoms with Gasteiger partial charge in [-0.05, 0) is 81.5 Å². The molecule has 13 heteroatoms. The lowest BCUT2D eigenvalue weighted by Gasteiger charge is -2.44. The first-order valence-electron chi connectivity index (χ1n) is 20.0. The van der Waals surface area contributed by atoms with Gasteiger partial charge in [0, 0.05) is 19.5 Å². The number of nitrogens with zero attached hydrogens (tertiary/aromatic N) is 1. The number of fused-ring (bicyclic) bond motifs is 1. The molecule has 2 unspecified atom stereocenters. The van der Waals surface area contributed by atoms with Gasteiger partial charge in [-0.1, -0.05) is 73.1 Å². The number of carbonyl (C=O) groups excluding carboxylic acids is 5. The van der Waals surface area contributed by atoms with Crippen LogP contribution < -0.4 is 21.3 Å². The molecule has 4 N–H and O–H groups in total. The molecular formula is C40H65N5O7S. The third kappa shape index (κ3) is 9.22. The molecule has 53 heavy (non-hydrogen) atoms. The van der Waals surface area contributed by atoms with Gasteiger partial charge in [0.2, 0.25) is 17.6 Å². The van der Waals surface area contributed by atoms with Gasteiger partial charge in [-0.25, -0.2) is 13.2 Å². The molecule has 298 valence electrons. The Morgan fingerprint density at radius 3 is 2.09 bits per heavy atom. The number of ketones is 1. The lowest BCUT2D eigenvalue weighted by molar-refractivity contribution is -0.146. The van der Waals surface area contributed by atoms with Crippen LogP contribution in [0.15, 0.2) is 0 Å². The highest BCUT2D eigenvalue weighted by Crippen LogP contribution is 2.65. The Labute approximate surface area is 317 Å². The van der Waals surface area contributed by atoms with Gasteiger partial charge in [-0.2, -0.15) is 0 Å². The average Bonchev–Trinajstić information content (AvgIpc) is 3.41. The highest BCUT2D eigenvalue weighted by atomic mass is 32.2. The molecule has 1 heterocycles. The topological polar surface area (TPSA) is 171 Å². The minimum Gasteiger partial charge on any atom is -0.349 e. The monoisotopic (exact) mass is 759 g/mol. The van der Waals surface area contributed by atoms with Crippen LogP contribution in [-0.4, -0.2) is 90.1 Å². The molecule has 1 aliphatic heterocycles. The number of hydrogen-bond donors (Lipinski definition) is 4. The Balaban J connectivity index is 1.62. The minimum atomic E-state index is -3.59. The summed E-state index contributed by atoms with van der Waals surface area (Å²) in [6.45, 7) is 13.9. The maximum absolute atomic E-state index is 14.9. The van der Waals surface area contributed by atoms with E-state index in [9.17, 15) is 32.4 Å². The molecule has 4 aliphatic rings. The molecule has 5 amide bonds. The molecule has 0 spiro atoms. The summed E-state index contributed by atoms with van der Waals surface area (Å²) in [6.07, 6.45) is 14.6. The van der Waals surface area contributed by atoms with Crippen molar-refractivity contribution in [3.63, 3.8) is 0 Å². The van der Waals surface area contributed by atoms with E-state index in [1.54, 1.807) is 18.7 Å². The minimum absolute atomic E-state index is 0.0428. The second kappa shape index (κ2) is 16.7. The number of hydrogen-bond acceptors (Lipinski definition) is 7. The van der Waals surface area contributed by atoms with Crippen LogP contribution in [-0.2, 0) is 29.0 Å². The number of Topliss-reactive ketones (excluding diaryl/α,β-unsaturated/α-hetero) is 1. The molecule has 12 nitrogen and oxygen atoms in total. The van der Waals surface area contributed by atoms with Crippen LogP contribution in [0.5, 0.6) is 0 Å². The van der Waals surface area contributed by atoms with Crippen molar-refractivity contribution in [2.24, 2.45) is 22.7 Å². The van der Waals surface area contributed by atoms with Gasteiger partial charge in [0.25, 0.3) is 5.91 Å². The highest BCUT2D eigenvalue weighted by Gasteiger charge is 2.70. The van der Waals surface area contributed by atoms with Crippen molar-refractivity contribution in [3.8, 4) is 12.3 Å². The number of rotatable bonds is 16. The standard InChI is InChI=1S/C40H65N5O7S/c1-9-12-19-28(31(46)34(48)41-24-10-2)42-33(47)30-29-27(38(29,6)7)25-45(30)35(49)32(39(8)20-15-13-16-21-39)43-36(50)44-40(22-17-14-18-23-40)26-53(51,52)37(4,5)11-3/h1,27-30,32H,10-26H2,2-8H3,(H,41,48)(H,42,47)(H2,43,44,50)/t27?,28?,29-,30-,32+/m0/s1. The number of piperidine rings is 1. The van der Waals surface area contributed by atoms with Crippen LogP contribution in [0.3, 0.4) is 0 Å². The second-order valence-electron chi connectivity index (χ2n) is 17.8. The molecule has 1 saturated heterocycles. The predicted octanol–water partition coefficient (Wildman–Crippen LogP) is 4.41. The molecule has 4 rings (SSSR count). The molecule has 0 bridgehead atoms. The first kappa shape index (κ1) is 42.6. The normalized spacial score (nSPS) is 25.5. The summed E-state index contributed by atoms with van der Waals surface area (Å²) in [5.74, 6) is -0.271. The molecule has 0 radical (unpaired) electrons. The largest absolute Gasteiger partial charge is 0.349 e. The predicted molar refractivity (Wildman–Crippen MR) is 205 cm³/mol. The van der Waals surface area contributed by atoms with Crippen molar-refractivity contribution in [3.05, 3.63) is 0 Å². The van der Waals surface area contributed by atoms with Crippen molar-refractivity contribution in [1.29, 1.82) is 0 Å². The van der Waals surface area contributed by atoms with Gasteiger partial charge < -0.3 is 26.2 Å². The molecule has 0 aromatic rings. The molecular weight excluding hydrogens is 695 g/mol. The Bertz CT molecular complexity index is 1540. The average molecular weight is 760 g/mol. The van der Waals surface area contributed by atoms with Gasteiger partial charge in [0.1, 0.15) is 12.1 Å². The summed E-state index contributed by atoms with van der Waals surface area (Å²) in [7, 11) is -3.59. The Morgan fingerprint density at radius 2 is 1.53 bits per heavy atom. The fourth-order valence-corrected chi connectivity index (χ4v) is 11.0. The van der Waals surface area contributed by atoms with Crippen LogP contribution >= 0.6 is 0 Å². The number of likely N-dealkylation sites (tertiary alicyclic amines) is 1. The van der Waals surface area contributed by atoms with Crippen molar-refractivity contribution in [1.82, 2.24) is 26.2 Å². The van der Waals surface area contributed by atoms with Gasteiger partial charge in [-0.15, -0.1) is 12.3 Å². The van der Waals surface area contributed by atoms with Gasteiger partial charge >= 0.3 is 6.03 Å². The summed E-state index contributed by atoms with van der Waals surface area (Å²) >= 11 is 0. The lowest BCUT2D eigenvalue weighted by atomic mass is 9.70. The number of terminal acetylenes is 1. The summed E-state index contributed by atoms with van der Waals surface area (Å²) in [5.41, 5.74) is -1.79. The van der Waals surface area contributed by atoms with E-state index in [4.69, 9.17) is 6.42 Å². The number of amides is 5. The quantitative estimate of drug-likeness (QED) is 0.133. The second-order valence-corrected chi connectivity index (χ2v) is 20.4. The van der Waals surface area contributed by atoms with E-state index in [-0.39, 0.29) is 41.8 Å². The zero-order valence-electron chi connectivity index (χ0n) is 33.2. The molecule has 0 aromatic carbocycles. The first-order valence-corrected chi connectivity index (χ1v) is 21.6. The summed E-state index contributed by atoms with van der Waals surface area (Å²) in [6, 6.07) is -3.61. The van der Waals surface area contributed by atoms with E-state index < -0.39 is 67.3 Å². The Kier molecular flexibility index (Phi) is 13.4. The highest BCUT2D eigenvalue weighted by molar-refractivity contribution is 7.92. The zero-order chi connectivity index (χ0) is 39.4. The maximum atomic E-state index is 14.9. The molecule has 3 saturated carbocycles. The van der Waals surface area contributed by atoms with Crippen molar-refractivity contribution < 1.29 is 32.4 Å². The number of carbonyl (C=O) groups is 5. The number of nitrogens with one attached hydrogen (secondary N) is 4. The Morgan fingerprint density at radius 1 is 0.925 bits per heavy atom. The molecule has 0 aromatic heterocycles. The van der Waals surface area contributed by atoms with E-state index in [1.807, 2.05) is 20.8 Å². The number of urea groups is 1. The summed E-state index contributed by atoms with van der Waals surface area (Å²) in [5, 5.41) is 11.5. The van der Waals surface area contributed by atoms with Crippen molar-refractivity contribution in [2.45, 2.75) is 167 Å². The van der Waals surface area contributed by atoms with E-state index in [0.29, 0.717) is 51.6 Å².